The Hall–Kier alpha value is -3.60. The largest absolute Gasteiger partial charge is 0.497 e. The first-order chi connectivity index (χ1) is 14.1. The molecule has 1 amide bonds. The smallest absolute Gasteiger partial charge is 0.227 e. The van der Waals surface area contributed by atoms with Crippen LogP contribution in [-0.4, -0.2) is 18.0 Å². The van der Waals surface area contributed by atoms with E-state index in [1.54, 1.807) is 7.11 Å². The van der Waals surface area contributed by atoms with Crippen LogP contribution in [0.4, 0.5) is 5.69 Å². The van der Waals surface area contributed by atoms with Crippen LogP contribution in [-0.2, 0) is 11.2 Å². The van der Waals surface area contributed by atoms with Crippen LogP contribution in [0.5, 0.6) is 5.75 Å². The van der Waals surface area contributed by atoms with Crippen molar-refractivity contribution in [1.82, 2.24) is 4.98 Å². The van der Waals surface area contributed by atoms with Gasteiger partial charge in [-0.25, -0.2) is 4.98 Å². The van der Waals surface area contributed by atoms with Gasteiger partial charge >= 0.3 is 0 Å². The average molecular weight is 386 g/mol. The number of aromatic nitrogens is 1. The van der Waals surface area contributed by atoms with Gasteiger partial charge in [-0.05, 0) is 60.9 Å². The number of hydrogen-bond acceptors (Lipinski definition) is 4. The van der Waals surface area contributed by atoms with Crippen LogP contribution in [0.15, 0.2) is 71.1 Å². The number of anilines is 1. The lowest BCUT2D eigenvalue weighted by molar-refractivity contribution is -0.116. The molecule has 29 heavy (non-hydrogen) atoms. The molecule has 0 aliphatic carbocycles. The van der Waals surface area contributed by atoms with E-state index in [0.717, 1.165) is 39.2 Å². The summed E-state index contributed by atoms with van der Waals surface area (Å²) in [4.78, 5) is 17.0. The molecule has 0 unspecified atom stereocenters. The second-order valence-electron chi connectivity index (χ2n) is 6.86. The second kappa shape index (κ2) is 8.19. The number of rotatable bonds is 6. The van der Waals surface area contributed by atoms with Crippen LogP contribution in [0.2, 0.25) is 0 Å². The van der Waals surface area contributed by atoms with Gasteiger partial charge < -0.3 is 14.5 Å². The van der Waals surface area contributed by atoms with Crippen LogP contribution >= 0.6 is 0 Å². The summed E-state index contributed by atoms with van der Waals surface area (Å²) in [6.07, 6.45) is 1.07. The molecule has 1 heterocycles. The number of oxazole rings is 1. The zero-order valence-electron chi connectivity index (χ0n) is 16.4. The van der Waals surface area contributed by atoms with Crippen molar-refractivity contribution in [1.29, 1.82) is 0 Å². The molecule has 0 aliphatic heterocycles. The van der Waals surface area contributed by atoms with E-state index in [2.05, 4.69) is 10.3 Å². The number of fused-ring (bicyclic) bond motifs is 1. The summed E-state index contributed by atoms with van der Waals surface area (Å²) < 4.78 is 11.0. The van der Waals surface area contributed by atoms with E-state index in [-0.39, 0.29) is 5.91 Å². The molecule has 4 rings (SSSR count). The summed E-state index contributed by atoms with van der Waals surface area (Å²) in [7, 11) is 1.64. The summed E-state index contributed by atoms with van der Waals surface area (Å²) in [5, 5.41) is 3.01. The van der Waals surface area contributed by atoms with Gasteiger partial charge in [0.25, 0.3) is 0 Å². The summed E-state index contributed by atoms with van der Waals surface area (Å²) in [6, 6.07) is 21.2. The molecule has 0 atom stereocenters. The minimum absolute atomic E-state index is 0.0290. The molecule has 0 saturated heterocycles. The number of hydrogen-bond donors (Lipinski definition) is 1. The third kappa shape index (κ3) is 4.14. The number of para-hydroxylation sites is 2. The molecular formula is C24H22N2O3. The minimum atomic E-state index is -0.0290. The first-order valence-electron chi connectivity index (χ1n) is 9.52. The molecule has 0 radical (unpaired) electrons. The monoisotopic (exact) mass is 386 g/mol. The summed E-state index contributed by atoms with van der Waals surface area (Å²) >= 11 is 0. The van der Waals surface area contributed by atoms with E-state index in [9.17, 15) is 4.79 Å². The SMILES string of the molecule is COc1ccc(CCC(=O)Nc2cccc(-c3nc4ccccc4o3)c2C)cc1. The zero-order chi connectivity index (χ0) is 20.2. The number of carbonyl (C=O) groups is 1. The van der Waals surface area contributed by atoms with Gasteiger partial charge in [-0.3, -0.25) is 4.79 Å². The number of carbonyl (C=O) groups excluding carboxylic acids is 1. The standard InChI is InChI=1S/C24H22N2O3/c1-16-19(24-26-21-7-3-4-9-22(21)29-24)6-5-8-20(16)25-23(27)15-12-17-10-13-18(28-2)14-11-17/h3-11,13-14H,12,15H2,1-2H3,(H,25,27). The number of ether oxygens (including phenoxy) is 1. The summed E-state index contributed by atoms with van der Waals surface area (Å²) in [5.41, 5.74) is 5.22. The van der Waals surface area contributed by atoms with Gasteiger partial charge in [0.15, 0.2) is 5.58 Å². The Labute approximate surface area is 169 Å². The van der Waals surface area contributed by atoms with Crippen molar-refractivity contribution >= 4 is 22.7 Å². The molecule has 5 heteroatoms. The van der Waals surface area contributed by atoms with E-state index in [0.29, 0.717) is 18.7 Å². The van der Waals surface area contributed by atoms with Gasteiger partial charge in [-0.1, -0.05) is 30.3 Å². The van der Waals surface area contributed by atoms with Crippen LogP contribution in [0.25, 0.3) is 22.6 Å². The predicted octanol–water partition coefficient (Wildman–Crippen LogP) is 5.38. The Morgan fingerprint density at radius 3 is 2.59 bits per heavy atom. The molecule has 0 aliphatic rings. The topological polar surface area (TPSA) is 64.4 Å². The fraction of sp³-hybridized carbons (Fsp3) is 0.167. The molecular weight excluding hydrogens is 364 g/mol. The molecule has 0 spiro atoms. The van der Waals surface area contributed by atoms with Crippen molar-refractivity contribution in [2.45, 2.75) is 19.8 Å². The Morgan fingerprint density at radius 1 is 1.03 bits per heavy atom. The Kier molecular flexibility index (Phi) is 5.29. The summed E-state index contributed by atoms with van der Waals surface area (Å²) in [6.45, 7) is 1.96. The lowest BCUT2D eigenvalue weighted by Crippen LogP contribution is -2.13. The van der Waals surface area contributed by atoms with Crippen molar-refractivity contribution in [2.75, 3.05) is 12.4 Å². The average Bonchev–Trinajstić information content (AvgIpc) is 3.18. The zero-order valence-corrected chi connectivity index (χ0v) is 16.4. The van der Waals surface area contributed by atoms with Gasteiger partial charge in [0.05, 0.1) is 7.11 Å². The lowest BCUT2D eigenvalue weighted by Gasteiger charge is -2.11. The van der Waals surface area contributed by atoms with Crippen LogP contribution in [0.1, 0.15) is 17.5 Å². The molecule has 3 aromatic carbocycles. The highest BCUT2D eigenvalue weighted by atomic mass is 16.5. The van der Waals surface area contributed by atoms with Gasteiger partial charge in [0.1, 0.15) is 11.3 Å². The van der Waals surface area contributed by atoms with E-state index in [1.807, 2.05) is 73.7 Å². The molecule has 5 nitrogen and oxygen atoms in total. The van der Waals surface area contributed by atoms with Crippen LogP contribution < -0.4 is 10.1 Å². The Bertz CT molecular complexity index is 1110. The third-order valence-corrected chi connectivity index (χ3v) is 4.93. The second-order valence-corrected chi connectivity index (χ2v) is 6.86. The molecule has 146 valence electrons. The molecule has 0 bridgehead atoms. The van der Waals surface area contributed by atoms with Crippen molar-refractivity contribution in [3.63, 3.8) is 0 Å². The lowest BCUT2D eigenvalue weighted by atomic mass is 10.1. The van der Waals surface area contributed by atoms with Crippen molar-refractivity contribution < 1.29 is 13.9 Å². The number of benzene rings is 3. The third-order valence-electron chi connectivity index (χ3n) is 4.93. The first kappa shape index (κ1) is 18.7. The predicted molar refractivity (Wildman–Crippen MR) is 114 cm³/mol. The van der Waals surface area contributed by atoms with E-state index >= 15 is 0 Å². The fourth-order valence-corrected chi connectivity index (χ4v) is 3.25. The highest BCUT2D eigenvalue weighted by molar-refractivity contribution is 5.93. The van der Waals surface area contributed by atoms with E-state index in [1.165, 1.54) is 0 Å². The van der Waals surface area contributed by atoms with Crippen molar-refractivity contribution in [3.8, 4) is 17.2 Å². The molecule has 1 N–H and O–H groups in total. The number of amides is 1. The van der Waals surface area contributed by atoms with Gasteiger partial charge in [-0.15, -0.1) is 0 Å². The van der Waals surface area contributed by atoms with Crippen LogP contribution in [0, 0.1) is 6.92 Å². The quantitative estimate of drug-likeness (QED) is 0.483. The normalized spacial score (nSPS) is 10.8. The van der Waals surface area contributed by atoms with Crippen molar-refractivity contribution in [3.05, 3.63) is 77.9 Å². The maximum atomic E-state index is 12.5. The summed E-state index contributed by atoms with van der Waals surface area (Å²) in [5.74, 6) is 1.33. The van der Waals surface area contributed by atoms with E-state index in [4.69, 9.17) is 9.15 Å². The number of methoxy groups -OCH3 is 1. The van der Waals surface area contributed by atoms with Crippen molar-refractivity contribution in [2.24, 2.45) is 0 Å². The maximum Gasteiger partial charge on any atom is 0.227 e. The highest BCUT2D eigenvalue weighted by Gasteiger charge is 2.14. The van der Waals surface area contributed by atoms with Gasteiger partial charge in [0, 0.05) is 17.7 Å². The van der Waals surface area contributed by atoms with Gasteiger partial charge in [0.2, 0.25) is 11.8 Å². The molecule has 0 saturated carbocycles. The minimum Gasteiger partial charge on any atom is -0.497 e. The number of nitrogens with one attached hydrogen (secondary N) is 1. The Balaban J connectivity index is 1.47. The number of aryl methyl sites for hydroxylation is 1. The van der Waals surface area contributed by atoms with Crippen LogP contribution in [0.3, 0.4) is 0 Å². The number of nitrogens with zero attached hydrogens (tertiary/aromatic N) is 1. The molecule has 4 aromatic rings. The fourth-order valence-electron chi connectivity index (χ4n) is 3.25. The van der Waals surface area contributed by atoms with Gasteiger partial charge in [-0.2, -0.15) is 0 Å². The maximum absolute atomic E-state index is 12.5. The van der Waals surface area contributed by atoms with E-state index < -0.39 is 0 Å². The molecule has 0 fully saturated rings. The highest BCUT2D eigenvalue weighted by Crippen LogP contribution is 2.30. The first-order valence-corrected chi connectivity index (χ1v) is 9.52. The Morgan fingerprint density at radius 2 is 1.83 bits per heavy atom. The molecule has 1 aromatic heterocycles.